The summed E-state index contributed by atoms with van der Waals surface area (Å²) in [5, 5.41) is 0. The summed E-state index contributed by atoms with van der Waals surface area (Å²) in [5.74, 6) is 0.682. The van der Waals surface area contributed by atoms with Gasteiger partial charge in [0.05, 0.1) is 11.4 Å². The first-order chi connectivity index (χ1) is 8.13. The standard InChI is InChI=1S/C13H15NO2S/c1-3-6-14-11-5-4-10(9(2)15)7-12(11)17-8-13(14)16/h4-5,7H,3,6,8H2,1-2H3. The topological polar surface area (TPSA) is 37.4 Å². The maximum absolute atomic E-state index is 11.8. The van der Waals surface area contributed by atoms with Gasteiger partial charge in [-0.2, -0.15) is 0 Å². The molecule has 0 aromatic heterocycles. The van der Waals surface area contributed by atoms with E-state index < -0.39 is 0 Å². The summed E-state index contributed by atoms with van der Waals surface area (Å²) in [6.45, 7) is 4.36. The molecule has 4 heteroatoms. The number of rotatable bonds is 3. The fourth-order valence-electron chi connectivity index (χ4n) is 1.89. The van der Waals surface area contributed by atoms with Gasteiger partial charge in [-0.1, -0.05) is 6.92 Å². The molecular weight excluding hydrogens is 234 g/mol. The van der Waals surface area contributed by atoms with Gasteiger partial charge in [0, 0.05) is 17.0 Å². The number of anilines is 1. The second-order valence-corrected chi connectivity index (χ2v) is 5.09. The number of ketones is 1. The molecule has 17 heavy (non-hydrogen) atoms. The third-order valence-electron chi connectivity index (χ3n) is 2.76. The van der Waals surface area contributed by atoms with Gasteiger partial charge in [0.1, 0.15) is 0 Å². The maximum Gasteiger partial charge on any atom is 0.237 e. The van der Waals surface area contributed by atoms with Gasteiger partial charge in [0.25, 0.3) is 0 Å². The van der Waals surface area contributed by atoms with Gasteiger partial charge >= 0.3 is 0 Å². The first-order valence-electron chi connectivity index (χ1n) is 5.71. The minimum atomic E-state index is 0.0624. The van der Waals surface area contributed by atoms with E-state index >= 15 is 0 Å². The predicted octanol–water partition coefficient (Wildman–Crippen LogP) is 2.74. The van der Waals surface area contributed by atoms with Gasteiger partial charge in [-0.15, -0.1) is 11.8 Å². The molecule has 1 amide bonds. The second-order valence-electron chi connectivity index (χ2n) is 4.07. The van der Waals surface area contributed by atoms with Crippen LogP contribution in [0.3, 0.4) is 0 Å². The van der Waals surface area contributed by atoms with Crippen molar-refractivity contribution in [3.8, 4) is 0 Å². The Kier molecular flexibility index (Phi) is 3.52. The van der Waals surface area contributed by atoms with Crippen molar-refractivity contribution in [1.82, 2.24) is 0 Å². The lowest BCUT2D eigenvalue weighted by atomic mass is 10.1. The van der Waals surface area contributed by atoms with Crippen molar-refractivity contribution in [3.63, 3.8) is 0 Å². The lowest BCUT2D eigenvalue weighted by molar-refractivity contribution is -0.116. The molecule has 0 radical (unpaired) electrons. The number of hydrogen-bond acceptors (Lipinski definition) is 3. The van der Waals surface area contributed by atoms with Gasteiger partial charge < -0.3 is 4.90 Å². The van der Waals surface area contributed by atoms with Crippen LogP contribution in [0, 0.1) is 0 Å². The maximum atomic E-state index is 11.8. The quantitative estimate of drug-likeness (QED) is 0.773. The number of fused-ring (bicyclic) bond motifs is 1. The SMILES string of the molecule is CCCN1C(=O)CSc2cc(C(C)=O)ccc21. The van der Waals surface area contributed by atoms with E-state index in [1.165, 1.54) is 11.8 Å². The summed E-state index contributed by atoms with van der Waals surface area (Å²) in [6, 6.07) is 5.56. The van der Waals surface area contributed by atoms with Crippen molar-refractivity contribution in [2.75, 3.05) is 17.2 Å². The Morgan fingerprint density at radius 1 is 1.47 bits per heavy atom. The molecule has 3 nitrogen and oxygen atoms in total. The van der Waals surface area contributed by atoms with E-state index in [1.54, 1.807) is 13.0 Å². The van der Waals surface area contributed by atoms with E-state index in [-0.39, 0.29) is 11.7 Å². The molecule has 90 valence electrons. The first-order valence-corrected chi connectivity index (χ1v) is 6.70. The Labute approximate surface area is 105 Å². The van der Waals surface area contributed by atoms with Crippen molar-refractivity contribution in [1.29, 1.82) is 0 Å². The molecule has 1 aliphatic rings. The number of carbonyl (C=O) groups excluding carboxylic acids is 2. The van der Waals surface area contributed by atoms with Crippen LogP contribution in [0.15, 0.2) is 23.1 Å². The van der Waals surface area contributed by atoms with Crippen LogP contribution in [0.2, 0.25) is 0 Å². The highest BCUT2D eigenvalue weighted by Gasteiger charge is 2.24. The number of amides is 1. The molecule has 0 N–H and O–H groups in total. The molecular formula is C13H15NO2S. The number of Topliss-reactive ketones (excluding diaryl/α,β-unsaturated/α-hetero) is 1. The highest BCUT2D eigenvalue weighted by Crippen LogP contribution is 2.36. The van der Waals surface area contributed by atoms with Crippen LogP contribution in [0.4, 0.5) is 5.69 Å². The van der Waals surface area contributed by atoms with Gasteiger partial charge in [-0.25, -0.2) is 0 Å². The number of carbonyl (C=O) groups is 2. The monoisotopic (exact) mass is 249 g/mol. The summed E-state index contributed by atoms with van der Waals surface area (Å²) in [4.78, 5) is 26.0. The molecule has 0 atom stereocenters. The highest BCUT2D eigenvalue weighted by molar-refractivity contribution is 8.00. The average Bonchev–Trinajstić information content (AvgIpc) is 2.32. The molecule has 0 saturated carbocycles. The van der Waals surface area contributed by atoms with E-state index in [0.29, 0.717) is 11.3 Å². The zero-order chi connectivity index (χ0) is 12.4. The Hall–Kier alpha value is -1.29. The Balaban J connectivity index is 2.40. The minimum Gasteiger partial charge on any atom is -0.311 e. The second kappa shape index (κ2) is 4.92. The molecule has 0 unspecified atom stereocenters. The first kappa shape index (κ1) is 12.2. The van der Waals surface area contributed by atoms with E-state index in [4.69, 9.17) is 0 Å². The van der Waals surface area contributed by atoms with Gasteiger partial charge in [-0.3, -0.25) is 9.59 Å². The van der Waals surface area contributed by atoms with Crippen LogP contribution >= 0.6 is 11.8 Å². The molecule has 0 saturated heterocycles. The fourth-order valence-corrected chi connectivity index (χ4v) is 2.86. The van der Waals surface area contributed by atoms with E-state index in [0.717, 1.165) is 23.5 Å². The smallest absolute Gasteiger partial charge is 0.237 e. The molecule has 1 aromatic rings. The van der Waals surface area contributed by atoms with Crippen molar-refractivity contribution >= 4 is 29.1 Å². The zero-order valence-corrected chi connectivity index (χ0v) is 10.8. The van der Waals surface area contributed by atoms with E-state index in [9.17, 15) is 9.59 Å². The Morgan fingerprint density at radius 3 is 2.88 bits per heavy atom. The highest BCUT2D eigenvalue weighted by atomic mass is 32.2. The summed E-state index contributed by atoms with van der Waals surface area (Å²) < 4.78 is 0. The van der Waals surface area contributed by atoms with Crippen molar-refractivity contribution in [3.05, 3.63) is 23.8 Å². The van der Waals surface area contributed by atoms with Crippen LogP contribution in [0.25, 0.3) is 0 Å². The largest absolute Gasteiger partial charge is 0.311 e. The number of benzene rings is 1. The third kappa shape index (κ3) is 2.36. The lowest BCUT2D eigenvalue weighted by Gasteiger charge is -2.28. The number of hydrogen-bond donors (Lipinski definition) is 0. The van der Waals surface area contributed by atoms with Crippen molar-refractivity contribution in [2.24, 2.45) is 0 Å². The Bertz CT molecular complexity index is 470. The predicted molar refractivity (Wildman–Crippen MR) is 69.8 cm³/mol. The van der Waals surface area contributed by atoms with E-state index in [2.05, 4.69) is 6.92 Å². The summed E-state index contributed by atoms with van der Waals surface area (Å²) in [5.41, 5.74) is 1.65. The molecule has 0 spiro atoms. The molecule has 2 rings (SSSR count). The van der Waals surface area contributed by atoms with Crippen LogP contribution in [-0.4, -0.2) is 24.0 Å². The Morgan fingerprint density at radius 2 is 2.24 bits per heavy atom. The zero-order valence-electron chi connectivity index (χ0n) is 10.0. The normalized spacial score (nSPS) is 14.7. The van der Waals surface area contributed by atoms with Crippen LogP contribution in [-0.2, 0) is 4.79 Å². The van der Waals surface area contributed by atoms with Crippen LogP contribution in [0.5, 0.6) is 0 Å². The lowest BCUT2D eigenvalue weighted by Crippen LogP contribution is -2.35. The van der Waals surface area contributed by atoms with E-state index in [1.807, 2.05) is 17.0 Å². The third-order valence-corrected chi connectivity index (χ3v) is 3.79. The minimum absolute atomic E-state index is 0.0624. The van der Waals surface area contributed by atoms with Crippen molar-refractivity contribution in [2.45, 2.75) is 25.2 Å². The van der Waals surface area contributed by atoms with Gasteiger partial charge in [0.15, 0.2) is 5.78 Å². The molecule has 0 bridgehead atoms. The fraction of sp³-hybridized carbons (Fsp3) is 0.385. The molecule has 1 aromatic carbocycles. The molecule has 0 aliphatic carbocycles. The number of thioether (sulfide) groups is 1. The van der Waals surface area contributed by atoms with Crippen LogP contribution in [0.1, 0.15) is 30.6 Å². The molecule has 0 fully saturated rings. The van der Waals surface area contributed by atoms with Gasteiger partial charge in [0.2, 0.25) is 5.91 Å². The summed E-state index contributed by atoms with van der Waals surface area (Å²) in [7, 11) is 0. The summed E-state index contributed by atoms with van der Waals surface area (Å²) >= 11 is 1.51. The van der Waals surface area contributed by atoms with Crippen LogP contribution < -0.4 is 4.90 Å². The van der Waals surface area contributed by atoms with Gasteiger partial charge in [-0.05, 0) is 31.5 Å². The van der Waals surface area contributed by atoms with Crippen molar-refractivity contribution < 1.29 is 9.59 Å². The molecule has 1 heterocycles. The average molecular weight is 249 g/mol. The number of nitrogens with zero attached hydrogens (tertiary/aromatic N) is 1. The molecule has 1 aliphatic heterocycles. The summed E-state index contributed by atoms with van der Waals surface area (Å²) in [6.07, 6.45) is 0.935.